The molecule has 0 spiro atoms. The van der Waals surface area contributed by atoms with E-state index in [0.29, 0.717) is 0 Å². The van der Waals surface area contributed by atoms with Gasteiger partial charge < -0.3 is 5.48 Å². The maximum absolute atomic E-state index is 9.42. The molecule has 7 nitrogen and oxygen atoms in total. The Labute approximate surface area is 92.2 Å². The Balaban J connectivity index is 0.00000169. The van der Waals surface area contributed by atoms with Gasteiger partial charge in [0.15, 0.2) is 0 Å². The van der Waals surface area contributed by atoms with Crippen LogP contribution in [0.4, 0.5) is 0 Å². The molecule has 8 heteroatoms. The van der Waals surface area contributed by atoms with Crippen LogP contribution >= 0.6 is 0 Å². The molecule has 1 radical (unpaired) electrons. The normalized spacial score (nSPS) is 27.9. The van der Waals surface area contributed by atoms with E-state index in [1.807, 2.05) is 0 Å². The third-order valence-corrected chi connectivity index (χ3v) is 3.53. The standard InChI is InChI=1S/C6H12O6.H2O.Sb/c7-1-3(9)5(11)6(12)4(10)2-8;;/h3-7,9,11-12H,1-2H2;1H2;/q-2;;+2. The minimum atomic E-state index is -1.40. The Morgan fingerprint density at radius 1 is 1.36 bits per heavy atom. The van der Waals surface area contributed by atoms with Crippen LogP contribution in [0.3, 0.4) is 0 Å². The van der Waals surface area contributed by atoms with Gasteiger partial charge in [-0.1, -0.05) is 0 Å². The summed E-state index contributed by atoms with van der Waals surface area (Å²) in [5.74, 6) is 0. The fourth-order valence-electron chi connectivity index (χ4n) is 0.936. The molecule has 0 aromatic heterocycles. The van der Waals surface area contributed by atoms with Crippen LogP contribution in [-0.4, -0.2) is 86.0 Å². The van der Waals surface area contributed by atoms with Crippen molar-refractivity contribution in [1.29, 1.82) is 0 Å². The van der Waals surface area contributed by atoms with Crippen LogP contribution in [0.2, 0.25) is 0 Å². The first-order chi connectivity index (χ1) is 6.16. The molecule has 1 rings (SSSR count). The van der Waals surface area contributed by atoms with Crippen molar-refractivity contribution in [2.24, 2.45) is 0 Å². The molecule has 1 aliphatic rings. The first-order valence-electron chi connectivity index (χ1n) is 3.80. The SMILES string of the molecule is O.OCC(O)C(O)C(O)C1C[O][Sb][O]1. The first-order valence-corrected chi connectivity index (χ1v) is 5.88. The number of aliphatic hydroxyl groups is 4. The predicted octanol–water partition coefficient (Wildman–Crippen LogP) is -3.81. The third-order valence-electron chi connectivity index (χ3n) is 1.78. The summed E-state index contributed by atoms with van der Waals surface area (Å²) < 4.78 is 10.0. The van der Waals surface area contributed by atoms with Gasteiger partial charge in [0.25, 0.3) is 0 Å². The second-order valence-electron chi connectivity index (χ2n) is 2.75. The molecule has 4 atom stereocenters. The van der Waals surface area contributed by atoms with E-state index in [2.05, 4.69) is 0 Å². The van der Waals surface area contributed by atoms with Gasteiger partial charge in [0.05, 0.1) is 0 Å². The number of hydrogen-bond acceptors (Lipinski definition) is 6. The first kappa shape index (κ1) is 14.5. The number of rotatable bonds is 4. The summed E-state index contributed by atoms with van der Waals surface area (Å²) in [5.41, 5.74) is 0. The van der Waals surface area contributed by atoms with Crippen LogP contribution in [0, 0.1) is 0 Å². The number of aliphatic hydroxyl groups excluding tert-OH is 4. The number of hydrogen-bond donors (Lipinski definition) is 4. The second kappa shape index (κ2) is 6.92. The van der Waals surface area contributed by atoms with E-state index < -0.39 is 53.5 Å². The van der Waals surface area contributed by atoms with Crippen LogP contribution < -0.4 is 0 Å². The summed E-state index contributed by atoms with van der Waals surface area (Å²) in [6, 6.07) is 0. The van der Waals surface area contributed by atoms with Gasteiger partial charge in [0, 0.05) is 0 Å². The van der Waals surface area contributed by atoms with E-state index in [4.69, 9.17) is 16.2 Å². The monoisotopic (exact) mass is 319 g/mol. The van der Waals surface area contributed by atoms with E-state index in [1.165, 1.54) is 0 Å². The minimum absolute atomic E-state index is 0. The van der Waals surface area contributed by atoms with Crippen molar-refractivity contribution in [2.75, 3.05) is 13.2 Å². The molecule has 1 saturated heterocycles. The van der Waals surface area contributed by atoms with Crippen LogP contribution in [0.1, 0.15) is 0 Å². The zero-order valence-electron chi connectivity index (χ0n) is 7.28. The Bertz CT molecular complexity index is 151. The molecule has 6 N–H and O–H groups in total. The summed E-state index contributed by atoms with van der Waals surface area (Å²) in [6.07, 6.45) is -4.52. The molecule has 4 unspecified atom stereocenters. The molecular formula is C6H14O7Sb. The molecular weight excluding hydrogens is 306 g/mol. The van der Waals surface area contributed by atoms with Gasteiger partial charge in [-0.25, -0.2) is 0 Å². The van der Waals surface area contributed by atoms with Gasteiger partial charge in [-0.2, -0.15) is 0 Å². The fraction of sp³-hybridized carbons (Fsp3) is 1.00. The van der Waals surface area contributed by atoms with Crippen molar-refractivity contribution in [3.8, 4) is 0 Å². The van der Waals surface area contributed by atoms with Gasteiger partial charge in [0.1, 0.15) is 0 Å². The Morgan fingerprint density at radius 2 is 2.00 bits per heavy atom. The zero-order chi connectivity index (χ0) is 9.84. The molecule has 0 aliphatic carbocycles. The van der Waals surface area contributed by atoms with Gasteiger partial charge in [-0.3, -0.25) is 0 Å². The molecule has 0 amide bonds. The molecule has 85 valence electrons. The van der Waals surface area contributed by atoms with E-state index >= 15 is 0 Å². The van der Waals surface area contributed by atoms with Crippen LogP contribution in [-0.2, 0) is 6.03 Å². The molecule has 0 aromatic rings. The van der Waals surface area contributed by atoms with Gasteiger partial charge in [-0.15, -0.1) is 0 Å². The van der Waals surface area contributed by atoms with Crippen molar-refractivity contribution in [3.63, 3.8) is 0 Å². The molecule has 1 aliphatic heterocycles. The molecule has 14 heavy (non-hydrogen) atoms. The third kappa shape index (κ3) is 3.60. The van der Waals surface area contributed by atoms with E-state index in [1.54, 1.807) is 0 Å². The molecule has 0 bridgehead atoms. The van der Waals surface area contributed by atoms with E-state index in [-0.39, 0.29) is 12.1 Å². The van der Waals surface area contributed by atoms with Gasteiger partial charge in [0.2, 0.25) is 0 Å². The molecule has 1 heterocycles. The van der Waals surface area contributed by atoms with Gasteiger partial charge in [-0.05, 0) is 0 Å². The average molecular weight is 320 g/mol. The summed E-state index contributed by atoms with van der Waals surface area (Å²) in [4.78, 5) is 0. The van der Waals surface area contributed by atoms with Crippen molar-refractivity contribution in [3.05, 3.63) is 0 Å². The van der Waals surface area contributed by atoms with Crippen molar-refractivity contribution in [1.82, 2.24) is 0 Å². The Hall–Kier alpha value is 0.538. The van der Waals surface area contributed by atoms with Crippen LogP contribution in [0.5, 0.6) is 0 Å². The summed E-state index contributed by atoms with van der Waals surface area (Å²) in [5, 5.41) is 36.2. The van der Waals surface area contributed by atoms with Crippen molar-refractivity contribution >= 4 is 22.5 Å². The molecule has 0 saturated carbocycles. The van der Waals surface area contributed by atoms with Crippen LogP contribution in [0.15, 0.2) is 0 Å². The van der Waals surface area contributed by atoms with Gasteiger partial charge >= 0.3 is 86.5 Å². The van der Waals surface area contributed by atoms with Crippen molar-refractivity contribution in [2.45, 2.75) is 24.4 Å². The summed E-state index contributed by atoms with van der Waals surface area (Å²) in [7, 11) is 0. The fourth-order valence-corrected chi connectivity index (χ4v) is 2.55. The maximum atomic E-state index is 9.42. The molecule has 0 aromatic carbocycles. The van der Waals surface area contributed by atoms with E-state index in [9.17, 15) is 10.2 Å². The topological polar surface area (TPSA) is 131 Å². The Morgan fingerprint density at radius 3 is 2.43 bits per heavy atom. The van der Waals surface area contributed by atoms with Crippen LogP contribution in [0.25, 0.3) is 0 Å². The Kier molecular flexibility index (Phi) is 7.19. The average Bonchev–Trinajstić information content (AvgIpc) is 2.67. The molecule has 1 fully saturated rings. The zero-order valence-corrected chi connectivity index (χ0v) is 9.83. The van der Waals surface area contributed by atoms with Crippen molar-refractivity contribution < 1.29 is 31.9 Å². The second-order valence-corrected chi connectivity index (χ2v) is 4.51. The summed E-state index contributed by atoms with van der Waals surface area (Å²) in [6.45, 7) is -0.349. The predicted molar refractivity (Wildman–Crippen MR) is 45.3 cm³/mol. The van der Waals surface area contributed by atoms with E-state index in [0.717, 1.165) is 0 Å². The summed E-state index contributed by atoms with van der Waals surface area (Å²) >= 11 is -1.11. The quantitative estimate of drug-likeness (QED) is 0.393.